The van der Waals surface area contributed by atoms with E-state index < -0.39 is 9.84 Å². The molecule has 1 aliphatic rings. The molecule has 0 saturated carbocycles. The van der Waals surface area contributed by atoms with Gasteiger partial charge in [0.25, 0.3) is 0 Å². The molecule has 0 aromatic heterocycles. The number of nitrogens with one attached hydrogen (secondary N) is 1. The second-order valence-corrected chi connectivity index (χ2v) is 8.01. The molecular weight excluding hydrogens is 304 g/mol. The Bertz CT molecular complexity index is 573. The van der Waals surface area contributed by atoms with Crippen LogP contribution in [0.1, 0.15) is 25.3 Å². The van der Waals surface area contributed by atoms with Crippen LogP contribution >= 0.6 is 12.2 Å². The minimum atomic E-state index is -2.89. The fourth-order valence-electron chi connectivity index (χ4n) is 2.59. The van der Waals surface area contributed by atoms with Crippen molar-refractivity contribution in [2.45, 2.75) is 32.4 Å². The highest BCUT2D eigenvalue weighted by atomic mass is 32.2. The highest BCUT2D eigenvalue weighted by Gasteiger charge is 2.32. The Morgan fingerprint density at radius 2 is 2.10 bits per heavy atom. The predicted molar refractivity (Wildman–Crippen MR) is 89.9 cm³/mol. The summed E-state index contributed by atoms with van der Waals surface area (Å²) in [5, 5.41) is 3.91. The Hall–Kier alpha value is -1.14. The molecule has 1 aromatic carbocycles. The molecule has 2 rings (SSSR count). The van der Waals surface area contributed by atoms with Gasteiger partial charge in [-0.15, -0.1) is 0 Å². The maximum atomic E-state index is 11.7. The highest BCUT2D eigenvalue weighted by molar-refractivity contribution is 7.91. The lowest BCUT2D eigenvalue weighted by molar-refractivity contribution is 0.329. The van der Waals surface area contributed by atoms with Crippen LogP contribution in [-0.2, 0) is 16.4 Å². The lowest BCUT2D eigenvalue weighted by Crippen LogP contribution is -2.46. The van der Waals surface area contributed by atoms with E-state index in [9.17, 15) is 8.42 Å². The molecule has 0 radical (unpaired) electrons. The van der Waals surface area contributed by atoms with E-state index in [-0.39, 0.29) is 17.5 Å². The Kier molecular flexibility index (Phi) is 5.58. The van der Waals surface area contributed by atoms with Crippen molar-refractivity contribution in [3.63, 3.8) is 0 Å². The van der Waals surface area contributed by atoms with Crippen molar-refractivity contribution in [1.82, 2.24) is 10.2 Å². The standard InChI is InChI=1S/C15H22N2O2S2/c1-2-9-17(14-8-10-21(18,19)12-14)15(20)16-11-13-6-4-3-5-7-13/h3-7,14H,2,8-12H2,1H3,(H,16,20)/t14-/m1/s1. The molecule has 1 N–H and O–H groups in total. The molecule has 0 bridgehead atoms. The summed E-state index contributed by atoms with van der Waals surface area (Å²) in [6.07, 6.45) is 1.62. The van der Waals surface area contributed by atoms with E-state index in [1.165, 1.54) is 0 Å². The molecule has 1 atom stereocenters. The van der Waals surface area contributed by atoms with Crippen LogP contribution in [-0.4, -0.2) is 42.5 Å². The largest absolute Gasteiger partial charge is 0.358 e. The fraction of sp³-hybridized carbons (Fsp3) is 0.533. The Morgan fingerprint density at radius 1 is 1.38 bits per heavy atom. The van der Waals surface area contributed by atoms with Crippen molar-refractivity contribution in [3.05, 3.63) is 35.9 Å². The zero-order valence-corrected chi connectivity index (χ0v) is 13.9. The van der Waals surface area contributed by atoms with Crippen LogP contribution in [0.3, 0.4) is 0 Å². The second-order valence-electron chi connectivity index (χ2n) is 5.39. The van der Waals surface area contributed by atoms with Gasteiger partial charge in [0.1, 0.15) is 0 Å². The van der Waals surface area contributed by atoms with Crippen LogP contribution in [0.4, 0.5) is 0 Å². The second kappa shape index (κ2) is 7.22. The fourth-order valence-corrected chi connectivity index (χ4v) is 4.63. The van der Waals surface area contributed by atoms with Gasteiger partial charge in [-0.3, -0.25) is 0 Å². The molecule has 1 heterocycles. The lowest BCUT2D eigenvalue weighted by atomic mass is 10.2. The molecule has 1 fully saturated rings. The molecule has 116 valence electrons. The van der Waals surface area contributed by atoms with Gasteiger partial charge in [-0.2, -0.15) is 0 Å². The minimum absolute atomic E-state index is 0.0192. The third-order valence-electron chi connectivity index (χ3n) is 3.66. The van der Waals surface area contributed by atoms with Crippen LogP contribution in [0, 0.1) is 0 Å². The van der Waals surface area contributed by atoms with E-state index in [0.717, 1.165) is 18.5 Å². The molecule has 6 heteroatoms. The first-order valence-corrected chi connectivity index (χ1v) is 9.53. The first kappa shape index (κ1) is 16.2. The van der Waals surface area contributed by atoms with Crippen molar-refractivity contribution in [1.29, 1.82) is 0 Å². The van der Waals surface area contributed by atoms with Crippen LogP contribution in [0.25, 0.3) is 0 Å². The zero-order chi connectivity index (χ0) is 15.3. The number of rotatable bonds is 5. The smallest absolute Gasteiger partial charge is 0.169 e. The summed E-state index contributed by atoms with van der Waals surface area (Å²) in [7, 11) is -2.89. The average Bonchev–Trinajstić information content (AvgIpc) is 2.83. The van der Waals surface area contributed by atoms with Gasteiger partial charge >= 0.3 is 0 Å². The van der Waals surface area contributed by atoms with Crippen molar-refractivity contribution in [3.8, 4) is 0 Å². The average molecular weight is 326 g/mol. The number of sulfone groups is 1. The van der Waals surface area contributed by atoms with Crippen LogP contribution in [0.2, 0.25) is 0 Å². The maximum Gasteiger partial charge on any atom is 0.169 e. The summed E-state index contributed by atoms with van der Waals surface area (Å²) in [4.78, 5) is 2.04. The van der Waals surface area contributed by atoms with Gasteiger partial charge in [0.2, 0.25) is 0 Å². The van der Waals surface area contributed by atoms with Crippen molar-refractivity contribution in [2.24, 2.45) is 0 Å². The van der Waals surface area contributed by atoms with Crippen LogP contribution in [0.15, 0.2) is 30.3 Å². The Labute approximate surface area is 132 Å². The third kappa shape index (κ3) is 4.68. The summed E-state index contributed by atoms with van der Waals surface area (Å²) >= 11 is 5.47. The monoisotopic (exact) mass is 326 g/mol. The molecular formula is C15H22N2O2S2. The third-order valence-corrected chi connectivity index (χ3v) is 5.79. The molecule has 1 saturated heterocycles. The van der Waals surface area contributed by atoms with E-state index in [0.29, 0.717) is 18.1 Å². The van der Waals surface area contributed by atoms with E-state index in [4.69, 9.17) is 12.2 Å². The van der Waals surface area contributed by atoms with E-state index in [1.807, 2.05) is 35.2 Å². The van der Waals surface area contributed by atoms with Gasteiger partial charge in [0.15, 0.2) is 14.9 Å². The lowest BCUT2D eigenvalue weighted by Gasteiger charge is -2.30. The number of hydrogen-bond acceptors (Lipinski definition) is 3. The molecule has 0 unspecified atom stereocenters. The number of thiocarbonyl (C=S) groups is 1. The first-order chi connectivity index (χ1) is 10.0. The van der Waals surface area contributed by atoms with Gasteiger partial charge in [-0.05, 0) is 30.6 Å². The summed E-state index contributed by atoms with van der Waals surface area (Å²) < 4.78 is 23.3. The molecule has 0 aliphatic carbocycles. The molecule has 1 aliphatic heterocycles. The molecule has 1 aromatic rings. The summed E-state index contributed by atoms with van der Waals surface area (Å²) in [6.45, 7) is 3.54. The van der Waals surface area contributed by atoms with Gasteiger partial charge in [0, 0.05) is 19.1 Å². The number of hydrogen-bond donors (Lipinski definition) is 1. The van der Waals surface area contributed by atoms with Crippen LogP contribution in [0.5, 0.6) is 0 Å². The number of nitrogens with zero attached hydrogens (tertiary/aromatic N) is 1. The number of benzene rings is 1. The summed E-state index contributed by atoms with van der Waals surface area (Å²) in [5.74, 6) is 0.499. The maximum absolute atomic E-state index is 11.7. The Balaban J connectivity index is 1.96. The summed E-state index contributed by atoms with van der Waals surface area (Å²) in [5.41, 5.74) is 1.16. The normalized spacial score (nSPS) is 20.1. The summed E-state index contributed by atoms with van der Waals surface area (Å²) in [6, 6.07) is 10.1. The molecule has 0 amide bonds. The first-order valence-electron chi connectivity index (χ1n) is 7.30. The Morgan fingerprint density at radius 3 is 2.67 bits per heavy atom. The van der Waals surface area contributed by atoms with E-state index in [1.54, 1.807) is 0 Å². The quantitative estimate of drug-likeness (QED) is 0.838. The zero-order valence-electron chi connectivity index (χ0n) is 12.3. The molecule has 0 spiro atoms. The molecule has 4 nitrogen and oxygen atoms in total. The van der Waals surface area contributed by atoms with Gasteiger partial charge < -0.3 is 10.2 Å². The van der Waals surface area contributed by atoms with Crippen molar-refractivity contribution >= 4 is 27.2 Å². The van der Waals surface area contributed by atoms with Crippen LogP contribution < -0.4 is 5.32 Å². The van der Waals surface area contributed by atoms with E-state index >= 15 is 0 Å². The van der Waals surface area contributed by atoms with Crippen molar-refractivity contribution < 1.29 is 8.42 Å². The minimum Gasteiger partial charge on any atom is -0.358 e. The van der Waals surface area contributed by atoms with Gasteiger partial charge in [-0.1, -0.05) is 37.3 Å². The SMILES string of the molecule is CCCN(C(=S)NCc1ccccc1)[C@@H]1CCS(=O)(=O)C1. The van der Waals surface area contributed by atoms with Crippen molar-refractivity contribution in [2.75, 3.05) is 18.1 Å². The topological polar surface area (TPSA) is 49.4 Å². The predicted octanol–water partition coefficient (Wildman–Crippen LogP) is 1.96. The molecule has 21 heavy (non-hydrogen) atoms. The highest BCUT2D eigenvalue weighted by Crippen LogP contribution is 2.18. The van der Waals surface area contributed by atoms with Gasteiger partial charge in [0.05, 0.1) is 11.5 Å². The van der Waals surface area contributed by atoms with Gasteiger partial charge in [-0.25, -0.2) is 8.42 Å². The van der Waals surface area contributed by atoms with E-state index in [2.05, 4.69) is 12.2 Å².